The van der Waals surface area contributed by atoms with Crippen LogP contribution in [0.25, 0.3) is 0 Å². The van der Waals surface area contributed by atoms with Crippen molar-refractivity contribution in [2.45, 2.75) is 63.1 Å². The Morgan fingerprint density at radius 1 is 1.06 bits per heavy atom. The number of aliphatic imine (C=N–C) groups is 1. The van der Waals surface area contributed by atoms with E-state index in [1.165, 1.54) is 0 Å². The maximum atomic E-state index is 14.0. The normalized spacial score (nSPS) is 18.2. The quantitative estimate of drug-likeness (QED) is 0.370. The van der Waals surface area contributed by atoms with E-state index in [0.29, 0.717) is 22.6 Å². The number of amidine groups is 1. The standard InChI is InChI=1S/C20H24F7N3O.ClH/c1-4-5-6-7-8-15(31)29(2)17-18(19(22,23)24,20(25,26)27)28-16(30(17)3)13-9-11-14(21)12-10-13;/h9-12,17H,4-8H2,1-3H3;1H. The highest BCUT2D eigenvalue weighted by Crippen LogP contribution is 2.53. The molecular formula is C20H25ClF7N3O. The van der Waals surface area contributed by atoms with E-state index in [2.05, 4.69) is 4.99 Å². The van der Waals surface area contributed by atoms with Gasteiger partial charge in [0.15, 0.2) is 0 Å². The van der Waals surface area contributed by atoms with Gasteiger partial charge in [0, 0.05) is 26.1 Å². The van der Waals surface area contributed by atoms with Gasteiger partial charge in [-0.2, -0.15) is 26.3 Å². The fourth-order valence-corrected chi connectivity index (χ4v) is 3.70. The summed E-state index contributed by atoms with van der Waals surface area (Å²) >= 11 is 0. The Bertz CT molecular complexity index is 795. The monoisotopic (exact) mass is 491 g/mol. The van der Waals surface area contributed by atoms with Gasteiger partial charge in [0.1, 0.15) is 17.8 Å². The number of likely N-dealkylation sites (N-methyl/N-ethyl adjacent to an activating group) is 2. The third-order valence-corrected chi connectivity index (χ3v) is 5.33. The van der Waals surface area contributed by atoms with Crippen LogP contribution < -0.4 is 0 Å². The van der Waals surface area contributed by atoms with Gasteiger partial charge < -0.3 is 9.80 Å². The van der Waals surface area contributed by atoms with E-state index in [4.69, 9.17) is 0 Å². The number of halogens is 8. The minimum absolute atomic E-state index is 0. The van der Waals surface area contributed by atoms with Crippen LogP contribution in [0.15, 0.2) is 29.3 Å². The van der Waals surface area contributed by atoms with Crippen molar-refractivity contribution in [1.82, 2.24) is 9.80 Å². The molecule has 1 aliphatic heterocycles. The lowest BCUT2D eigenvalue weighted by atomic mass is 9.93. The van der Waals surface area contributed by atoms with Crippen LogP contribution in [0.5, 0.6) is 0 Å². The van der Waals surface area contributed by atoms with Gasteiger partial charge in [-0.15, -0.1) is 12.4 Å². The Balaban J connectivity index is 0.00000512. The molecule has 0 spiro atoms. The average Bonchev–Trinajstić information content (AvgIpc) is 2.99. The summed E-state index contributed by atoms with van der Waals surface area (Å²) in [4.78, 5) is 16.8. The smallest absolute Gasteiger partial charge is 0.336 e. The van der Waals surface area contributed by atoms with Gasteiger partial charge in [-0.25, -0.2) is 9.38 Å². The van der Waals surface area contributed by atoms with Crippen LogP contribution in [-0.2, 0) is 4.79 Å². The third kappa shape index (κ3) is 5.13. The molecule has 2 rings (SSSR count). The van der Waals surface area contributed by atoms with E-state index < -0.39 is 41.6 Å². The summed E-state index contributed by atoms with van der Waals surface area (Å²) in [6, 6.07) is 3.89. The number of benzene rings is 1. The highest BCUT2D eigenvalue weighted by molar-refractivity contribution is 6.01. The summed E-state index contributed by atoms with van der Waals surface area (Å²) in [7, 11) is 1.92. The number of amides is 1. The molecule has 0 N–H and O–H groups in total. The summed E-state index contributed by atoms with van der Waals surface area (Å²) < 4.78 is 97.3. The SMILES string of the molecule is CCCCCCC(=O)N(C)C1N(C)C(c2ccc(F)cc2)=NC1(C(F)(F)F)C(F)(F)F.Cl. The number of unbranched alkanes of at least 4 members (excludes halogenated alkanes) is 3. The van der Waals surface area contributed by atoms with Crippen LogP contribution in [0, 0.1) is 5.82 Å². The molecule has 0 aromatic heterocycles. The number of nitrogens with zero attached hydrogens (tertiary/aromatic N) is 3. The van der Waals surface area contributed by atoms with Crippen LogP contribution in [0.1, 0.15) is 44.6 Å². The Kier molecular flexibility index (Phi) is 8.98. The molecule has 0 fully saturated rings. The zero-order chi connectivity index (χ0) is 23.6. The number of alkyl halides is 6. The molecule has 1 atom stereocenters. The predicted octanol–water partition coefficient (Wildman–Crippen LogP) is 5.56. The first-order valence-corrected chi connectivity index (χ1v) is 9.75. The first-order chi connectivity index (χ1) is 14.3. The molecule has 0 bridgehead atoms. The van der Waals surface area contributed by atoms with E-state index in [0.717, 1.165) is 51.2 Å². The lowest BCUT2D eigenvalue weighted by molar-refractivity contribution is -0.312. The molecular weight excluding hydrogens is 467 g/mol. The van der Waals surface area contributed by atoms with Crippen molar-refractivity contribution in [2.75, 3.05) is 14.1 Å². The second-order valence-electron chi connectivity index (χ2n) is 7.50. The molecule has 0 aliphatic carbocycles. The molecule has 182 valence electrons. The van der Waals surface area contributed by atoms with Gasteiger partial charge in [-0.1, -0.05) is 26.2 Å². The molecule has 1 amide bonds. The maximum absolute atomic E-state index is 14.0. The summed E-state index contributed by atoms with van der Waals surface area (Å²) in [6.07, 6.45) is -11.7. The molecule has 12 heteroatoms. The second kappa shape index (κ2) is 10.3. The minimum atomic E-state index is -5.84. The van der Waals surface area contributed by atoms with Crippen molar-refractivity contribution in [1.29, 1.82) is 0 Å². The number of hydrogen-bond donors (Lipinski definition) is 0. The Morgan fingerprint density at radius 2 is 1.59 bits per heavy atom. The molecule has 1 heterocycles. The Morgan fingerprint density at radius 3 is 2.06 bits per heavy atom. The van der Waals surface area contributed by atoms with Crippen LogP contribution in [0.4, 0.5) is 30.7 Å². The maximum Gasteiger partial charge on any atom is 0.426 e. The highest BCUT2D eigenvalue weighted by Gasteiger charge is 2.79. The van der Waals surface area contributed by atoms with Gasteiger partial charge in [0.05, 0.1) is 0 Å². The first kappa shape index (κ1) is 28.0. The predicted molar refractivity (Wildman–Crippen MR) is 108 cm³/mol. The van der Waals surface area contributed by atoms with Crippen LogP contribution in [-0.4, -0.2) is 59.7 Å². The molecule has 1 aliphatic rings. The van der Waals surface area contributed by atoms with Crippen LogP contribution in [0.3, 0.4) is 0 Å². The molecule has 32 heavy (non-hydrogen) atoms. The molecule has 1 unspecified atom stereocenters. The lowest BCUT2D eigenvalue weighted by Crippen LogP contribution is -2.69. The van der Waals surface area contributed by atoms with Crippen molar-refractivity contribution < 1.29 is 35.5 Å². The fraction of sp³-hybridized carbons (Fsp3) is 0.600. The number of carbonyl (C=O) groups is 1. The van der Waals surface area contributed by atoms with Gasteiger partial charge in [-0.3, -0.25) is 4.79 Å². The van der Waals surface area contributed by atoms with Crippen molar-refractivity contribution >= 4 is 24.1 Å². The molecule has 1 aromatic rings. The number of rotatable bonds is 7. The van der Waals surface area contributed by atoms with Crippen molar-refractivity contribution in [2.24, 2.45) is 4.99 Å². The number of hydrogen-bond acceptors (Lipinski definition) is 3. The summed E-state index contributed by atoms with van der Waals surface area (Å²) in [5, 5.41) is 0. The fourth-order valence-electron chi connectivity index (χ4n) is 3.70. The molecule has 0 radical (unpaired) electrons. The first-order valence-electron chi connectivity index (χ1n) is 9.75. The summed E-state index contributed by atoms with van der Waals surface area (Å²) in [5.41, 5.74) is -4.68. The lowest BCUT2D eigenvalue weighted by Gasteiger charge is -2.42. The number of carbonyl (C=O) groups excluding carboxylic acids is 1. The Labute approximate surface area is 187 Å². The van der Waals surface area contributed by atoms with E-state index in [1.807, 2.05) is 6.92 Å². The zero-order valence-electron chi connectivity index (χ0n) is 17.7. The van der Waals surface area contributed by atoms with E-state index in [9.17, 15) is 35.5 Å². The zero-order valence-corrected chi connectivity index (χ0v) is 18.5. The van der Waals surface area contributed by atoms with E-state index >= 15 is 0 Å². The topological polar surface area (TPSA) is 35.9 Å². The van der Waals surface area contributed by atoms with Crippen molar-refractivity contribution in [3.05, 3.63) is 35.6 Å². The van der Waals surface area contributed by atoms with Gasteiger partial charge in [-0.05, 0) is 30.7 Å². The average molecular weight is 492 g/mol. The van der Waals surface area contributed by atoms with Gasteiger partial charge in [0.25, 0.3) is 5.54 Å². The second-order valence-corrected chi connectivity index (χ2v) is 7.50. The Hall–Kier alpha value is -2.04. The van der Waals surface area contributed by atoms with E-state index in [1.54, 1.807) is 0 Å². The van der Waals surface area contributed by atoms with Gasteiger partial charge in [0.2, 0.25) is 5.91 Å². The van der Waals surface area contributed by atoms with Crippen LogP contribution >= 0.6 is 12.4 Å². The molecule has 0 saturated heterocycles. The largest absolute Gasteiger partial charge is 0.426 e. The molecule has 1 aromatic carbocycles. The highest BCUT2D eigenvalue weighted by atomic mass is 35.5. The summed E-state index contributed by atoms with van der Waals surface area (Å²) in [5.74, 6) is -2.19. The van der Waals surface area contributed by atoms with Gasteiger partial charge >= 0.3 is 12.4 Å². The van der Waals surface area contributed by atoms with Crippen LogP contribution in [0.2, 0.25) is 0 Å². The third-order valence-electron chi connectivity index (χ3n) is 5.33. The minimum Gasteiger partial charge on any atom is -0.336 e. The molecule has 4 nitrogen and oxygen atoms in total. The van der Waals surface area contributed by atoms with E-state index in [-0.39, 0.29) is 24.4 Å². The van der Waals surface area contributed by atoms with Crippen molar-refractivity contribution in [3.8, 4) is 0 Å². The van der Waals surface area contributed by atoms with Crippen molar-refractivity contribution in [3.63, 3.8) is 0 Å². The molecule has 0 saturated carbocycles. The summed E-state index contributed by atoms with van der Waals surface area (Å²) in [6.45, 7) is 1.93.